The number of carboxylic acids is 1. The van der Waals surface area contributed by atoms with E-state index in [0.717, 1.165) is 25.9 Å². The van der Waals surface area contributed by atoms with E-state index in [0.29, 0.717) is 29.6 Å². The Kier molecular flexibility index (Phi) is 3.04. The van der Waals surface area contributed by atoms with Crippen LogP contribution >= 0.6 is 0 Å². The zero-order valence-electron chi connectivity index (χ0n) is 10.7. The van der Waals surface area contributed by atoms with Crippen LogP contribution in [0.1, 0.15) is 38.5 Å². The van der Waals surface area contributed by atoms with Gasteiger partial charge in [-0.05, 0) is 43.4 Å². The lowest BCUT2D eigenvalue weighted by molar-refractivity contribution is -0.137. The molecule has 3 rings (SSSR count). The molecule has 0 radical (unpaired) electrons. The highest BCUT2D eigenvalue weighted by Gasteiger charge is 2.57. The van der Waals surface area contributed by atoms with Gasteiger partial charge in [-0.3, -0.25) is 9.59 Å². The third kappa shape index (κ3) is 2.13. The molecule has 2 aliphatic carbocycles. The highest BCUT2D eigenvalue weighted by atomic mass is 16.4. The third-order valence-electron chi connectivity index (χ3n) is 5.06. The molecule has 0 bridgehead atoms. The van der Waals surface area contributed by atoms with E-state index in [2.05, 4.69) is 0 Å². The van der Waals surface area contributed by atoms with Gasteiger partial charge in [-0.25, -0.2) is 0 Å². The topological polar surface area (TPSA) is 57.6 Å². The van der Waals surface area contributed by atoms with E-state index in [9.17, 15) is 9.59 Å². The largest absolute Gasteiger partial charge is 0.481 e. The first-order valence-electron chi connectivity index (χ1n) is 7.17. The van der Waals surface area contributed by atoms with Crippen LogP contribution in [0.2, 0.25) is 0 Å². The summed E-state index contributed by atoms with van der Waals surface area (Å²) in [5, 5.41) is 8.68. The summed E-state index contributed by atoms with van der Waals surface area (Å²) in [4.78, 5) is 24.9. The van der Waals surface area contributed by atoms with Crippen LogP contribution in [0.25, 0.3) is 0 Å². The Morgan fingerprint density at radius 2 is 1.89 bits per heavy atom. The molecule has 0 spiro atoms. The van der Waals surface area contributed by atoms with Gasteiger partial charge in [0.2, 0.25) is 5.91 Å². The number of nitrogens with zero attached hydrogens (tertiary/aromatic N) is 1. The van der Waals surface area contributed by atoms with Crippen molar-refractivity contribution in [3.8, 4) is 0 Å². The van der Waals surface area contributed by atoms with Gasteiger partial charge in [0.25, 0.3) is 0 Å². The van der Waals surface area contributed by atoms with Crippen LogP contribution in [0.4, 0.5) is 0 Å². The maximum Gasteiger partial charge on any atom is 0.303 e. The Labute approximate surface area is 107 Å². The Morgan fingerprint density at radius 3 is 2.56 bits per heavy atom. The highest BCUT2D eigenvalue weighted by molar-refractivity contribution is 5.82. The summed E-state index contributed by atoms with van der Waals surface area (Å²) in [5.41, 5.74) is 0. The van der Waals surface area contributed by atoms with E-state index >= 15 is 0 Å². The van der Waals surface area contributed by atoms with Crippen LogP contribution in [0.3, 0.4) is 0 Å². The summed E-state index contributed by atoms with van der Waals surface area (Å²) in [6.07, 6.45) is 5.74. The lowest BCUT2D eigenvalue weighted by atomic mass is 10.0. The van der Waals surface area contributed by atoms with Crippen LogP contribution in [-0.2, 0) is 9.59 Å². The van der Waals surface area contributed by atoms with Crippen molar-refractivity contribution < 1.29 is 14.7 Å². The van der Waals surface area contributed by atoms with E-state index in [-0.39, 0.29) is 6.42 Å². The van der Waals surface area contributed by atoms with Gasteiger partial charge in [0.05, 0.1) is 0 Å². The number of likely N-dealkylation sites (tertiary alicyclic amines) is 1. The van der Waals surface area contributed by atoms with Crippen LogP contribution < -0.4 is 0 Å². The summed E-state index contributed by atoms with van der Waals surface area (Å²) in [5.74, 6) is 1.76. The van der Waals surface area contributed by atoms with Crippen molar-refractivity contribution in [2.75, 3.05) is 13.1 Å². The molecule has 0 aromatic heterocycles. The number of carbonyl (C=O) groups excluding carboxylic acids is 1. The quantitative estimate of drug-likeness (QED) is 0.828. The Bertz CT molecular complexity index is 358. The number of fused-ring (bicyclic) bond motifs is 1. The van der Waals surface area contributed by atoms with Gasteiger partial charge in [-0.2, -0.15) is 0 Å². The van der Waals surface area contributed by atoms with Crippen molar-refractivity contribution in [2.45, 2.75) is 38.5 Å². The minimum atomic E-state index is -0.725. The van der Waals surface area contributed by atoms with E-state index in [1.54, 1.807) is 0 Å². The average molecular weight is 251 g/mol. The number of carboxylic acid groups (broad SMARTS) is 1. The molecule has 1 amide bonds. The maximum atomic E-state index is 12.3. The SMILES string of the molecule is O=C(O)CCC1CCN(C(=O)C2C3CCCC32)C1. The summed E-state index contributed by atoms with van der Waals surface area (Å²) in [7, 11) is 0. The van der Waals surface area contributed by atoms with Gasteiger partial charge < -0.3 is 10.0 Å². The van der Waals surface area contributed by atoms with Gasteiger partial charge in [0, 0.05) is 25.4 Å². The molecule has 2 saturated carbocycles. The molecule has 1 N–H and O–H groups in total. The molecule has 4 heteroatoms. The number of amides is 1. The first-order chi connectivity index (χ1) is 8.66. The fourth-order valence-corrected chi connectivity index (χ4v) is 3.99. The summed E-state index contributed by atoms with van der Waals surface area (Å²) in [6.45, 7) is 1.64. The normalized spacial score (nSPS) is 37.7. The van der Waals surface area contributed by atoms with Gasteiger partial charge in [-0.1, -0.05) is 6.42 Å². The van der Waals surface area contributed by atoms with Crippen molar-refractivity contribution in [1.82, 2.24) is 4.90 Å². The molecule has 100 valence electrons. The molecule has 0 aromatic carbocycles. The molecular weight excluding hydrogens is 230 g/mol. The lowest BCUT2D eigenvalue weighted by Crippen LogP contribution is -2.31. The second-order valence-electron chi connectivity index (χ2n) is 6.16. The third-order valence-corrected chi connectivity index (χ3v) is 5.06. The van der Waals surface area contributed by atoms with E-state index < -0.39 is 5.97 Å². The standard InChI is InChI=1S/C14H21NO3/c16-12(17)5-4-9-6-7-15(8-9)14(18)13-10-2-1-3-11(10)13/h9-11,13H,1-8H2,(H,16,17). The highest BCUT2D eigenvalue weighted by Crippen LogP contribution is 2.58. The van der Waals surface area contributed by atoms with Crippen molar-refractivity contribution in [3.05, 3.63) is 0 Å². The molecule has 3 unspecified atom stereocenters. The van der Waals surface area contributed by atoms with Crippen molar-refractivity contribution in [2.24, 2.45) is 23.7 Å². The number of rotatable bonds is 4. The van der Waals surface area contributed by atoms with E-state index in [1.807, 2.05) is 4.90 Å². The van der Waals surface area contributed by atoms with Gasteiger partial charge in [0.1, 0.15) is 0 Å². The van der Waals surface area contributed by atoms with Crippen molar-refractivity contribution >= 4 is 11.9 Å². The Balaban J connectivity index is 1.47. The van der Waals surface area contributed by atoms with E-state index in [1.165, 1.54) is 19.3 Å². The lowest BCUT2D eigenvalue weighted by Gasteiger charge is -2.17. The predicted molar refractivity (Wildman–Crippen MR) is 65.9 cm³/mol. The monoisotopic (exact) mass is 251 g/mol. The van der Waals surface area contributed by atoms with Gasteiger partial charge in [-0.15, -0.1) is 0 Å². The molecule has 3 fully saturated rings. The fraction of sp³-hybridized carbons (Fsp3) is 0.857. The molecule has 18 heavy (non-hydrogen) atoms. The molecular formula is C14H21NO3. The number of aliphatic carboxylic acids is 1. The van der Waals surface area contributed by atoms with E-state index in [4.69, 9.17) is 5.11 Å². The zero-order valence-corrected chi connectivity index (χ0v) is 10.7. The number of hydrogen-bond donors (Lipinski definition) is 1. The molecule has 1 aliphatic heterocycles. The van der Waals surface area contributed by atoms with Crippen LogP contribution in [0.5, 0.6) is 0 Å². The summed E-state index contributed by atoms with van der Waals surface area (Å²) in [6, 6.07) is 0. The minimum absolute atomic E-state index is 0.237. The zero-order chi connectivity index (χ0) is 12.7. The fourth-order valence-electron chi connectivity index (χ4n) is 3.99. The summed E-state index contributed by atoms with van der Waals surface area (Å²) >= 11 is 0. The molecule has 4 nitrogen and oxygen atoms in total. The van der Waals surface area contributed by atoms with Crippen molar-refractivity contribution in [3.63, 3.8) is 0 Å². The number of hydrogen-bond acceptors (Lipinski definition) is 2. The van der Waals surface area contributed by atoms with Gasteiger partial charge >= 0.3 is 5.97 Å². The second kappa shape index (κ2) is 4.56. The minimum Gasteiger partial charge on any atom is -0.481 e. The first kappa shape index (κ1) is 12.0. The van der Waals surface area contributed by atoms with Crippen LogP contribution in [-0.4, -0.2) is 35.0 Å². The van der Waals surface area contributed by atoms with Crippen molar-refractivity contribution in [1.29, 1.82) is 0 Å². The molecule has 0 aromatic rings. The smallest absolute Gasteiger partial charge is 0.303 e. The Hall–Kier alpha value is -1.06. The summed E-state index contributed by atoms with van der Waals surface area (Å²) < 4.78 is 0. The first-order valence-corrected chi connectivity index (χ1v) is 7.17. The average Bonchev–Trinajstić information content (AvgIpc) is 2.75. The van der Waals surface area contributed by atoms with Crippen LogP contribution in [0.15, 0.2) is 0 Å². The number of carbonyl (C=O) groups is 2. The molecule has 1 heterocycles. The molecule has 3 aliphatic rings. The molecule has 1 saturated heterocycles. The molecule has 3 atom stereocenters. The van der Waals surface area contributed by atoms with Crippen LogP contribution in [0, 0.1) is 23.7 Å². The van der Waals surface area contributed by atoms with Gasteiger partial charge in [0.15, 0.2) is 0 Å². The second-order valence-corrected chi connectivity index (χ2v) is 6.16. The Morgan fingerprint density at radius 1 is 1.17 bits per heavy atom. The predicted octanol–water partition coefficient (Wildman–Crippen LogP) is 1.75. The maximum absolute atomic E-state index is 12.3.